The van der Waals surface area contributed by atoms with Gasteiger partial charge in [0.25, 0.3) is 0 Å². The van der Waals surface area contributed by atoms with E-state index in [-0.39, 0.29) is 45.2 Å². The fourth-order valence-electron chi connectivity index (χ4n) is 4.78. The minimum Gasteiger partial charge on any atom is -0.372 e. The molecule has 1 amide bonds. The third kappa shape index (κ3) is 5.40. The van der Waals surface area contributed by atoms with Gasteiger partial charge in [-0.1, -0.05) is 49.2 Å². The highest BCUT2D eigenvalue weighted by atomic mass is 35.5. The summed E-state index contributed by atoms with van der Waals surface area (Å²) in [5, 5.41) is 0. The number of benzene rings is 1. The van der Waals surface area contributed by atoms with Crippen molar-refractivity contribution in [3.63, 3.8) is 0 Å². The maximum absolute atomic E-state index is 13.6. The van der Waals surface area contributed by atoms with E-state index in [4.69, 9.17) is 23.2 Å². The van der Waals surface area contributed by atoms with Gasteiger partial charge in [-0.25, -0.2) is 8.42 Å². The van der Waals surface area contributed by atoms with E-state index in [9.17, 15) is 13.2 Å². The molecule has 1 aromatic rings. The summed E-state index contributed by atoms with van der Waals surface area (Å²) in [6, 6.07) is 7.89. The topological polar surface area (TPSA) is 57.7 Å². The molecule has 0 aromatic heterocycles. The van der Waals surface area contributed by atoms with Crippen molar-refractivity contribution >= 4 is 44.6 Å². The van der Waals surface area contributed by atoms with Crippen LogP contribution in [0.15, 0.2) is 34.8 Å². The summed E-state index contributed by atoms with van der Waals surface area (Å²) in [6.07, 6.45) is 2.21. The summed E-state index contributed by atoms with van der Waals surface area (Å²) in [7, 11) is -3.11. The zero-order valence-electron chi connectivity index (χ0n) is 18.6. The molecule has 5 nitrogen and oxygen atoms in total. The summed E-state index contributed by atoms with van der Waals surface area (Å²) in [5.74, 6) is -0.155. The minimum atomic E-state index is -3.11. The van der Waals surface area contributed by atoms with Gasteiger partial charge in [-0.2, -0.15) is 0 Å². The molecule has 1 saturated heterocycles. The number of nitrogens with zero attached hydrogens (tertiary/aromatic N) is 2. The lowest BCUT2D eigenvalue weighted by molar-refractivity contribution is -0.136. The smallest absolute Gasteiger partial charge is 0.227 e. The van der Waals surface area contributed by atoms with Gasteiger partial charge in [-0.15, -0.1) is 0 Å². The Bertz CT molecular complexity index is 936. The number of allylic oxidation sites excluding steroid dienone is 1. The number of rotatable bonds is 8. The number of hydrogen-bond acceptors (Lipinski definition) is 4. The van der Waals surface area contributed by atoms with Crippen molar-refractivity contribution in [2.45, 2.75) is 46.7 Å². The van der Waals surface area contributed by atoms with Crippen LogP contribution >= 0.6 is 23.2 Å². The van der Waals surface area contributed by atoms with Gasteiger partial charge >= 0.3 is 0 Å². The van der Waals surface area contributed by atoms with Crippen molar-refractivity contribution in [2.75, 3.05) is 29.5 Å². The fraction of sp³-hybridized carbons (Fsp3) is 0.609. The van der Waals surface area contributed by atoms with Crippen LogP contribution in [0.3, 0.4) is 0 Å². The van der Waals surface area contributed by atoms with Crippen LogP contribution in [0.25, 0.3) is 0 Å². The van der Waals surface area contributed by atoms with Crippen LogP contribution in [0.4, 0.5) is 5.69 Å². The molecule has 2 fully saturated rings. The van der Waals surface area contributed by atoms with Crippen molar-refractivity contribution in [2.24, 2.45) is 17.3 Å². The first-order chi connectivity index (χ1) is 14.5. The number of hydrogen-bond donors (Lipinski definition) is 0. The first-order valence-corrected chi connectivity index (χ1v) is 13.5. The third-order valence-corrected chi connectivity index (χ3v) is 8.83. The SMILES string of the molecule is CCN(CC)c1ccc(CN(C(=O)[C@H]2[C@@H](C=C(Cl)Cl)C2(C)C)[C@@H]2CCS(=O)(=O)C2)cc1. The molecule has 8 heteroatoms. The Morgan fingerprint density at radius 3 is 2.26 bits per heavy atom. The molecule has 0 unspecified atom stereocenters. The summed E-state index contributed by atoms with van der Waals surface area (Å²) < 4.78 is 24.4. The van der Waals surface area contributed by atoms with E-state index in [1.165, 1.54) is 0 Å². The number of anilines is 1. The average molecular weight is 487 g/mol. The maximum atomic E-state index is 13.6. The van der Waals surface area contributed by atoms with Gasteiger partial charge in [0.15, 0.2) is 9.84 Å². The highest BCUT2D eigenvalue weighted by molar-refractivity contribution is 7.91. The van der Waals surface area contributed by atoms with E-state index in [1.807, 2.05) is 26.0 Å². The Hall–Kier alpha value is -1.24. The van der Waals surface area contributed by atoms with Crippen LogP contribution < -0.4 is 4.90 Å². The fourth-order valence-corrected chi connectivity index (χ4v) is 6.78. The van der Waals surface area contributed by atoms with Crippen LogP contribution in [0, 0.1) is 17.3 Å². The molecule has 3 atom stereocenters. The van der Waals surface area contributed by atoms with Gasteiger partial charge in [-0.3, -0.25) is 4.79 Å². The summed E-state index contributed by atoms with van der Waals surface area (Å²) >= 11 is 11.7. The lowest BCUT2D eigenvalue weighted by Gasteiger charge is -2.29. The van der Waals surface area contributed by atoms with Crippen molar-refractivity contribution in [3.8, 4) is 0 Å². The van der Waals surface area contributed by atoms with Gasteiger partial charge in [-0.05, 0) is 55.4 Å². The van der Waals surface area contributed by atoms with Gasteiger partial charge < -0.3 is 9.80 Å². The number of halogens is 2. The molecule has 172 valence electrons. The average Bonchev–Trinajstić information content (AvgIpc) is 3.02. The Morgan fingerprint density at radius 2 is 1.77 bits per heavy atom. The zero-order valence-corrected chi connectivity index (χ0v) is 21.0. The van der Waals surface area contributed by atoms with E-state index in [0.717, 1.165) is 24.3 Å². The van der Waals surface area contributed by atoms with Gasteiger partial charge in [0.1, 0.15) is 4.49 Å². The van der Waals surface area contributed by atoms with Crippen molar-refractivity contribution in [3.05, 3.63) is 40.4 Å². The minimum absolute atomic E-state index is 0.0178. The molecule has 1 heterocycles. The first kappa shape index (κ1) is 24.4. The van der Waals surface area contributed by atoms with E-state index in [0.29, 0.717) is 13.0 Å². The molecule has 1 aliphatic heterocycles. The van der Waals surface area contributed by atoms with E-state index >= 15 is 0 Å². The van der Waals surface area contributed by atoms with Gasteiger partial charge in [0, 0.05) is 31.4 Å². The van der Waals surface area contributed by atoms with Gasteiger partial charge in [0.2, 0.25) is 5.91 Å². The maximum Gasteiger partial charge on any atom is 0.227 e. The second kappa shape index (κ2) is 9.32. The number of carbonyl (C=O) groups is 1. The second-order valence-electron chi connectivity index (χ2n) is 9.14. The van der Waals surface area contributed by atoms with Crippen molar-refractivity contribution in [1.29, 1.82) is 0 Å². The van der Waals surface area contributed by atoms with Gasteiger partial charge in [0.05, 0.1) is 17.4 Å². The third-order valence-electron chi connectivity index (χ3n) is 6.83. The molecule has 0 bridgehead atoms. The quantitative estimate of drug-likeness (QED) is 0.536. The Kier molecular flexibility index (Phi) is 7.34. The van der Waals surface area contributed by atoms with Crippen LogP contribution in [-0.4, -0.2) is 49.9 Å². The molecule has 1 saturated carbocycles. The van der Waals surface area contributed by atoms with Crippen LogP contribution in [-0.2, 0) is 21.2 Å². The largest absolute Gasteiger partial charge is 0.372 e. The van der Waals surface area contributed by atoms with Crippen LogP contribution in [0.5, 0.6) is 0 Å². The normalized spacial score (nSPS) is 25.7. The second-order valence-corrected chi connectivity index (χ2v) is 12.4. The molecule has 2 aliphatic rings. The molecule has 0 spiro atoms. The van der Waals surface area contributed by atoms with Crippen LogP contribution in [0.1, 0.15) is 39.7 Å². The molecule has 1 aromatic carbocycles. The molecular formula is C23H32Cl2N2O3S. The highest BCUT2D eigenvalue weighted by Gasteiger charge is 2.62. The Balaban J connectivity index is 1.84. The zero-order chi connectivity index (χ0) is 23.0. The predicted molar refractivity (Wildman–Crippen MR) is 128 cm³/mol. The molecule has 1 aliphatic carbocycles. The van der Waals surface area contributed by atoms with E-state index < -0.39 is 9.84 Å². The Morgan fingerprint density at radius 1 is 1.16 bits per heavy atom. The molecule has 0 radical (unpaired) electrons. The van der Waals surface area contributed by atoms with E-state index in [2.05, 4.69) is 30.9 Å². The molecule has 31 heavy (non-hydrogen) atoms. The summed E-state index contributed by atoms with van der Waals surface area (Å²) in [5.41, 5.74) is 1.88. The monoisotopic (exact) mass is 486 g/mol. The van der Waals surface area contributed by atoms with Crippen molar-refractivity contribution in [1.82, 2.24) is 4.90 Å². The summed E-state index contributed by atoms with van der Waals surface area (Å²) in [6.45, 7) is 10.5. The standard InChI is InChI=1S/C23H32Cl2N2O3S/c1-5-26(6-2)17-9-7-16(8-10-17)14-27(18-11-12-31(29,30)15-18)22(28)21-19(13-20(24)25)23(21,3)4/h7-10,13,18-19,21H,5-6,11-12,14-15H2,1-4H3/t18-,19-,21-/m1/s1. The molecule has 3 rings (SSSR count). The van der Waals surface area contributed by atoms with E-state index in [1.54, 1.807) is 11.0 Å². The van der Waals surface area contributed by atoms with Crippen LogP contribution in [0.2, 0.25) is 0 Å². The number of carbonyl (C=O) groups excluding carboxylic acids is 1. The lowest BCUT2D eigenvalue weighted by atomic mass is 10.1. The summed E-state index contributed by atoms with van der Waals surface area (Å²) in [4.78, 5) is 17.6. The number of sulfone groups is 1. The number of amides is 1. The highest BCUT2D eigenvalue weighted by Crippen LogP contribution is 2.60. The Labute approximate surface area is 196 Å². The molecular weight excluding hydrogens is 455 g/mol. The molecule has 0 N–H and O–H groups in total. The lowest BCUT2D eigenvalue weighted by Crippen LogP contribution is -2.42. The first-order valence-electron chi connectivity index (χ1n) is 10.9. The van der Waals surface area contributed by atoms with Crippen molar-refractivity contribution < 1.29 is 13.2 Å². The predicted octanol–water partition coefficient (Wildman–Crippen LogP) is 4.64.